The molecule has 2 aromatic rings. The second-order valence-corrected chi connectivity index (χ2v) is 8.49. The first-order chi connectivity index (χ1) is 13.3. The van der Waals surface area contributed by atoms with Crippen molar-refractivity contribution in [1.82, 2.24) is 9.62 Å². The lowest BCUT2D eigenvalue weighted by Crippen LogP contribution is -2.49. The van der Waals surface area contributed by atoms with Crippen molar-refractivity contribution in [3.05, 3.63) is 58.9 Å². The van der Waals surface area contributed by atoms with Crippen LogP contribution in [0.1, 0.15) is 5.56 Å². The first-order valence-electron chi connectivity index (χ1n) is 8.37. The van der Waals surface area contributed by atoms with Crippen LogP contribution in [0.3, 0.4) is 0 Å². The lowest BCUT2D eigenvalue weighted by molar-refractivity contribution is -0.122. The fourth-order valence-corrected chi connectivity index (χ4v) is 4.44. The van der Waals surface area contributed by atoms with Crippen LogP contribution in [0, 0.1) is 5.82 Å². The average molecular weight is 426 g/mol. The number of nitrogens with one attached hydrogen (secondary N) is 2. The fraction of sp³-hybridized carbons (Fsp3) is 0.222. The maximum absolute atomic E-state index is 13.8. The molecule has 0 aromatic heterocycles. The molecular weight excluding hydrogens is 409 g/mol. The Bertz CT molecular complexity index is 1010. The minimum absolute atomic E-state index is 0.0519. The Morgan fingerprint density at radius 3 is 2.71 bits per heavy atom. The third kappa shape index (κ3) is 4.49. The third-order valence-electron chi connectivity index (χ3n) is 4.16. The molecule has 0 radical (unpaired) electrons. The molecule has 10 heteroatoms. The Kier molecular flexibility index (Phi) is 5.97. The van der Waals surface area contributed by atoms with E-state index in [0.717, 1.165) is 4.31 Å². The summed E-state index contributed by atoms with van der Waals surface area (Å²) in [7, 11) is -3.89. The van der Waals surface area contributed by atoms with Crippen molar-refractivity contribution in [3.8, 4) is 0 Å². The van der Waals surface area contributed by atoms with Gasteiger partial charge >= 0.3 is 0 Å². The van der Waals surface area contributed by atoms with Gasteiger partial charge in [0.25, 0.3) is 0 Å². The van der Waals surface area contributed by atoms with Crippen molar-refractivity contribution in [3.63, 3.8) is 0 Å². The summed E-state index contributed by atoms with van der Waals surface area (Å²) >= 11 is 5.92. The highest BCUT2D eigenvalue weighted by atomic mass is 35.5. The zero-order valence-corrected chi connectivity index (χ0v) is 16.2. The van der Waals surface area contributed by atoms with Gasteiger partial charge in [-0.15, -0.1) is 0 Å². The molecule has 1 fully saturated rings. The normalized spacial score (nSPS) is 15.1. The lowest BCUT2D eigenvalue weighted by Gasteiger charge is -2.26. The van der Waals surface area contributed by atoms with E-state index in [1.807, 2.05) is 0 Å². The van der Waals surface area contributed by atoms with E-state index in [1.54, 1.807) is 0 Å². The van der Waals surface area contributed by atoms with Crippen LogP contribution >= 0.6 is 11.6 Å². The number of benzene rings is 2. The van der Waals surface area contributed by atoms with Crippen LogP contribution in [0.4, 0.5) is 10.1 Å². The maximum atomic E-state index is 13.8. The van der Waals surface area contributed by atoms with Crippen molar-refractivity contribution >= 4 is 39.1 Å². The Hall–Kier alpha value is -2.49. The number of rotatable bonds is 5. The number of hydrogen-bond donors (Lipinski definition) is 2. The molecule has 0 unspecified atom stereocenters. The van der Waals surface area contributed by atoms with Crippen LogP contribution < -0.4 is 10.6 Å². The fourth-order valence-electron chi connectivity index (χ4n) is 2.77. The third-order valence-corrected chi connectivity index (χ3v) is 6.35. The van der Waals surface area contributed by atoms with Gasteiger partial charge in [-0.05, 0) is 30.3 Å². The number of carbonyl (C=O) groups excluding carboxylic acids is 2. The number of piperazine rings is 1. The predicted molar refractivity (Wildman–Crippen MR) is 102 cm³/mol. The molecule has 2 aromatic carbocycles. The number of carbonyl (C=O) groups is 2. The number of hydrogen-bond acceptors (Lipinski definition) is 4. The summed E-state index contributed by atoms with van der Waals surface area (Å²) in [5, 5.41) is 5.24. The van der Waals surface area contributed by atoms with Crippen molar-refractivity contribution in [2.45, 2.75) is 11.3 Å². The van der Waals surface area contributed by atoms with Gasteiger partial charge in [0.1, 0.15) is 5.82 Å². The molecule has 0 spiro atoms. The largest absolute Gasteiger partial charge is 0.354 e. The number of sulfonamides is 1. The van der Waals surface area contributed by atoms with Gasteiger partial charge in [-0.1, -0.05) is 23.7 Å². The van der Waals surface area contributed by atoms with Gasteiger partial charge in [0.05, 0.1) is 17.9 Å². The first-order valence-corrected chi connectivity index (χ1v) is 10.2. The van der Waals surface area contributed by atoms with Crippen molar-refractivity contribution in [2.75, 3.05) is 25.0 Å². The van der Waals surface area contributed by atoms with E-state index in [-0.39, 0.29) is 53.1 Å². The van der Waals surface area contributed by atoms with Crippen LogP contribution in [-0.2, 0) is 26.0 Å². The molecule has 7 nitrogen and oxygen atoms in total. The van der Waals surface area contributed by atoms with Gasteiger partial charge in [0, 0.05) is 29.4 Å². The molecule has 0 aliphatic carbocycles. The molecule has 2 N–H and O–H groups in total. The summed E-state index contributed by atoms with van der Waals surface area (Å²) in [5.74, 6) is -1.51. The summed E-state index contributed by atoms with van der Waals surface area (Å²) in [6.45, 7) is 0.138. The van der Waals surface area contributed by atoms with Gasteiger partial charge in [-0.3, -0.25) is 9.59 Å². The molecule has 148 valence electrons. The zero-order valence-electron chi connectivity index (χ0n) is 14.6. The van der Waals surface area contributed by atoms with Gasteiger partial charge in [-0.2, -0.15) is 4.31 Å². The first kappa shape index (κ1) is 20.2. The van der Waals surface area contributed by atoms with Crippen LogP contribution in [0.5, 0.6) is 0 Å². The van der Waals surface area contributed by atoms with E-state index < -0.39 is 21.7 Å². The van der Waals surface area contributed by atoms with Crippen LogP contribution in [0.2, 0.25) is 5.02 Å². The molecule has 0 atom stereocenters. The highest BCUT2D eigenvalue weighted by Crippen LogP contribution is 2.22. The Labute approximate surface area is 166 Å². The second-order valence-electron chi connectivity index (χ2n) is 6.14. The summed E-state index contributed by atoms with van der Waals surface area (Å²) in [6.07, 6.45) is -0.297. The van der Waals surface area contributed by atoms with Crippen molar-refractivity contribution in [2.24, 2.45) is 0 Å². The van der Waals surface area contributed by atoms with Crippen molar-refractivity contribution < 1.29 is 22.4 Å². The molecular formula is C18H17ClFN3O4S. The average Bonchev–Trinajstić information content (AvgIpc) is 2.65. The molecule has 3 rings (SSSR count). The van der Waals surface area contributed by atoms with Crippen molar-refractivity contribution in [1.29, 1.82) is 0 Å². The van der Waals surface area contributed by atoms with Gasteiger partial charge in [0.2, 0.25) is 21.8 Å². The van der Waals surface area contributed by atoms with Crippen LogP contribution in [0.15, 0.2) is 47.4 Å². The molecule has 1 aliphatic heterocycles. The van der Waals surface area contributed by atoms with Gasteiger partial charge in [0.15, 0.2) is 0 Å². The summed E-state index contributed by atoms with van der Waals surface area (Å²) in [4.78, 5) is 23.7. The predicted octanol–water partition coefficient (Wildman–Crippen LogP) is 1.78. The second kappa shape index (κ2) is 8.26. The quantitative estimate of drug-likeness (QED) is 0.763. The Morgan fingerprint density at radius 1 is 1.25 bits per heavy atom. The molecule has 28 heavy (non-hydrogen) atoms. The van der Waals surface area contributed by atoms with E-state index in [4.69, 9.17) is 11.6 Å². The van der Waals surface area contributed by atoms with Crippen LogP contribution in [-0.4, -0.2) is 44.2 Å². The molecule has 1 saturated heterocycles. The summed E-state index contributed by atoms with van der Waals surface area (Å²) < 4.78 is 40.3. The molecule has 0 bridgehead atoms. The van der Waals surface area contributed by atoms with E-state index >= 15 is 0 Å². The monoisotopic (exact) mass is 425 g/mol. The zero-order chi connectivity index (χ0) is 20.3. The summed E-state index contributed by atoms with van der Waals surface area (Å²) in [5.41, 5.74) is 0.296. The minimum atomic E-state index is -3.89. The Balaban J connectivity index is 1.76. The van der Waals surface area contributed by atoms with Gasteiger partial charge in [-0.25, -0.2) is 12.8 Å². The SMILES string of the molecule is O=C1CN(S(=O)(=O)c2cccc(NC(=O)Cc3c(F)cccc3Cl)c2)CCN1. The van der Waals surface area contributed by atoms with E-state index in [2.05, 4.69) is 10.6 Å². The highest BCUT2D eigenvalue weighted by molar-refractivity contribution is 7.89. The Morgan fingerprint density at radius 2 is 2.00 bits per heavy atom. The number of nitrogens with zero attached hydrogens (tertiary/aromatic N) is 1. The van der Waals surface area contributed by atoms with Gasteiger partial charge < -0.3 is 10.6 Å². The molecule has 1 aliphatic rings. The molecule has 2 amide bonds. The number of amides is 2. The number of anilines is 1. The van der Waals surface area contributed by atoms with E-state index in [0.29, 0.717) is 0 Å². The summed E-state index contributed by atoms with van der Waals surface area (Å²) in [6, 6.07) is 9.79. The smallest absolute Gasteiger partial charge is 0.243 e. The van der Waals surface area contributed by atoms with E-state index in [1.165, 1.54) is 42.5 Å². The number of halogens is 2. The lowest BCUT2D eigenvalue weighted by atomic mass is 10.1. The molecule has 0 saturated carbocycles. The minimum Gasteiger partial charge on any atom is -0.354 e. The van der Waals surface area contributed by atoms with E-state index in [9.17, 15) is 22.4 Å². The maximum Gasteiger partial charge on any atom is 0.243 e. The standard InChI is InChI=1S/C18H17ClFN3O4S/c19-15-5-2-6-16(20)14(15)10-17(24)22-12-3-1-4-13(9-12)28(26,27)23-8-7-21-18(25)11-23/h1-6,9H,7-8,10-11H2,(H,21,25)(H,22,24). The van der Waals surface area contributed by atoms with Crippen LogP contribution in [0.25, 0.3) is 0 Å². The molecule has 1 heterocycles. The highest BCUT2D eigenvalue weighted by Gasteiger charge is 2.29. The topological polar surface area (TPSA) is 95.6 Å².